The molecule has 0 atom stereocenters. The number of nitrogens with one attached hydrogen (secondary N) is 2. The van der Waals surface area contributed by atoms with Gasteiger partial charge in [-0.1, -0.05) is 18.2 Å². The summed E-state index contributed by atoms with van der Waals surface area (Å²) in [5.74, 6) is 1.56. The SMILES string of the molecule is CNC(=O)Sc1ccc(OS(C)(=O)=O)cc1.Cc1oc(C)c(C(=O)Nc2ccccc2)c1C. The highest BCUT2D eigenvalue weighted by Crippen LogP contribution is 2.23. The summed E-state index contributed by atoms with van der Waals surface area (Å²) in [6.45, 7) is 5.56. The van der Waals surface area contributed by atoms with E-state index in [1.165, 1.54) is 19.2 Å². The van der Waals surface area contributed by atoms with Crippen LogP contribution in [0.3, 0.4) is 0 Å². The number of hydrogen-bond acceptors (Lipinski definition) is 7. The molecular formula is C23H26N2O6S2. The van der Waals surface area contributed by atoms with Crippen molar-refractivity contribution in [1.29, 1.82) is 0 Å². The second-order valence-electron chi connectivity index (χ2n) is 6.93. The van der Waals surface area contributed by atoms with Crippen LogP contribution in [-0.2, 0) is 10.1 Å². The molecule has 1 heterocycles. The van der Waals surface area contributed by atoms with E-state index >= 15 is 0 Å². The first-order chi connectivity index (χ1) is 15.5. The molecule has 2 aromatic carbocycles. The van der Waals surface area contributed by atoms with Crippen molar-refractivity contribution >= 4 is 38.7 Å². The molecule has 33 heavy (non-hydrogen) atoms. The lowest BCUT2D eigenvalue weighted by Gasteiger charge is -2.04. The van der Waals surface area contributed by atoms with Crippen molar-refractivity contribution in [3.63, 3.8) is 0 Å². The molecule has 8 nitrogen and oxygen atoms in total. The highest BCUT2D eigenvalue weighted by Gasteiger charge is 2.18. The lowest BCUT2D eigenvalue weighted by molar-refractivity contribution is 0.102. The van der Waals surface area contributed by atoms with Crippen molar-refractivity contribution in [2.45, 2.75) is 25.7 Å². The third kappa shape index (κ3) is 8.32. The minimum atomic E-state index is -3.50. The number of carbonyl (C=O) groups is 2. The molecule has 0 saturated carbocycles. The van der Waals surface area contributed by atoms with Gasteiger partial charge in [0, 0.05) is 23.2 Å². The van der Waals surface area contributed by atoms with E-state index in [2.05, 4.69) is 14.8 Å². The van der Waals surface area contributed by atoms with Crippen LogP contribution >= 0.6 is 11.8 Å². The summed E-state index contributed by atoms with van der Waals surface area (Å²) in [5, 5.41) is 5.13. The van der Waals surface area contributed by atoms with Crippen molar-refractivity contribution in [3.8, 4) is 5.75 Å². The number of hydrogen-bond donors (Lipinski definition) is 2. The number of furan rings is 1. The van der Waals surface area contributed by atoms with Crippen LogP contribution in [0.25, 0.3) is 0 Å². The number of aryl methyl sites for hydroxylation is 2. The first kappa shape index (κ1) is 26.0. The van der Waals surface area contributed by atoms with Crippen LogP contribution in [0, 0.1) is 20.8 Å². The summed E-state index contributed by atoms with van der Waals surface area (Å²) in [7, 11) is -1.97. The molecule has 0 spiro atoms. The Morgan fingerprint density at radius 3 is 2.03 bits per heavy atom. The maximum atomic E-state index is 12.1. The molecule has 0 unspecified atom stereocenters. The summed E-state index contributed by atoms with van der Waals surface area (Å²) in [6, 6.07) is 15.6. The molecule has 0 fully saturated rings. The predicted octanol–water partition coefficient (Wildman–Crippen LogP) is 4.91. The summed E-state index contributed by atoms with van der Waals surface area (Å²) in [6.07, 6.45) is 0.972. The molecule has 176 valence electrons. The Labute approximate surface area is 197 Å². The van der Waals surface area contributed by atoms with E-state index in [9.17, 15) is 18.0 Å². The quantitative estimate of drug-likeness (QED) is 0.386. The van der Waals surface area contributed by atoms with Gasteiger partial charge in [-0.15, -0.1) is 0 Å². The van der Waals surface area contributed by atoms with Gasteiger partial charge in [-0.05, 0) is 68.9 Å². The van der Waals surface area contributed by atoms with E-state index in [4.69, 9.17) is 4.42 Å². The number of para-hydroxylation sites is 1. The maximum absolute atomic E-state index is 12.1. The predicted molar refractivity (Wildman–Crippen MR) is 130 cm³/mol. The first-order valence-electron chi connectivity index (χ1n) is 9.82. The third-order valence-corrected chi connectivity index (χ3v) is 5.70. The zero-order chi connectivity index (χ0) is 24.6. The lowest BCUT2D eigenvalue weighted by atomic mass is 10.1. The Balaban J connectivity index is 0.000000234. The zero-order valence-corrected chi connectivity index (χ0v) is 20.6. The highest BCUT2D eigenvalue weighted by atomic mass is 32.2. The maximum Gasteiger partial charge on any atom is 0.306 e. The van der Waals surface area contributed by atoms with Gasteiger partial charge >= 0.3 is 10.1 Å². The minimum Gasteiger partial charge on any atom is -0.466 e. The number of anilines is 1. The van der Waals surface area contributed by atoms with Crippen LogP contribution < -0.4 is 14.8 Å². The second-order valence-corrected chi connectivity index (χ2v) is 9.55. The van der Waals surface area contributed by atoms with Gasteiger partial charge in [-0.2, -0.15) is 8.42 Å². The summed E-state index contributed by atoms with van der Waals surface area (Å²) in [5.41, 5.74) is 2.32. The van der Waals surface area contributed by atoms with Crippen LogP contribution in [-0.4, -0.2) is 32.9 Å². The first-order valence-corrected chi connectivity index (χ1v) is 12.5. The summed E-state index contributed by atoms with van der Waals surface area (Å²) < 4.78 is 31.7. The molecule has 0 aliphatic carbocycles. The van der Waals surface area contributed by atoms with Crippen molar-refractivity contribution in [3.05, 3.63) is 77.2 Å². The number of amides is 2. The standard InChI is InChI=1S/C14H15NO2.C9H11NO4S2/c1-9-10(2)17-11(3)13(9)14(16)15-12-7-5-4-6-8-12;1-10-9(11)15-8-5-3-7(4-6-8)14-16(2,12)13/h4-8H,1-3H3,(H,15,16);3-6H,1-2H3,(H,10,11). The Morgan fingerprint density at radius 1 is 0.939 bits per heavy atom. The zero-order valence-electron chi connectivity index (χ0n) is 19.0. The van der Waals surface area contributed by atoms with Gasteiger partial charge in [-0.25, -0.2) is 0 Å². The minimum absolute atomic E-state index is 0.122. The van der Waals surface area contributed by atoms with Gasteiger partial charge in [0.15, 0.2) is 0 Å². The molecule has 1 aromatic heterocycles. The largest absolute Gasteiger partial charge is 0.466 e. The van der Waals surface area contributed by atoms with Crippen molar-refractivity contribution in [2.24, 2.45) is 0 Å². The van der Waals surface area contributed by atoms with Crippen molar-refractivity contribution in [2.75, 3.05) is 18.6 Å². The van der Waals surface area contributed by atoms with Gasteiger partial charge in [0.05, 0.1) is 11.8 Å². The second kappa shape index (κ2) is 11.6. The van der Waals surface area contributed by atoms with Crippen molar-refractivity contribution in [1.82, 2.24) is 5.32 Å². The topological polar surface area (TPSA) is 115 Å². The summed E-state index contributed by atoms with van der Waals surface area (Å²) >= 11 is 1.02. The fourth-order valence-electron chi connectivity index (χ4n) is 2.74. The van der Waals surface area contributed by atoms with Crippen LogP contribution in [0.2, 0.25) is 0 Å². The average Bonchev–Trinajstić information content (AvgIpc) is 3.01. The average molecular weight is 491 g/mol. The Morgan fingerprint density at radius 2 is 1.55 bits per heavy atom. The molecule has 3 aromatic rings. The number of thioether (sulfide) groups is 1. The molecular weight excluding hydrogens is 464 g/mol. The molecule has 0 aliphatic rings. The Kier molecular flexibility index (Phi) is 9.12. The molecule has 2 amide bonds. The van der Waals surface area contributed by atoms with Crippen LogP contribution in [0.4, 0.5) is 10.5 Å². The molecule has 10 heteroatoms. The monoisotopic (exact) mass is 490 g/mol. The van der Waals surface area contributed by atoms with E-state index in [1.807, 2.05) is 44.2 Å². The molecule has 0 aliphatic heterocycles. The number of benzene rings is 2. The molecule has 0 saturated heterocycles. The molecule has 2 N–H and O–H groups in total. The van der Waals surface area contributed by atoms with Crippen LogP contribution in [0.5, 0.6) is 5.75 Å². The van der Waals surface area contributed by atoms with Gasteiger partial charge in [0.1, 0.15) is 17.3 Å². The molecule has 3 rings (SSSR count). The van der Waals surface area contributed by atoms with Crippen LogP contribution in [0.15, 0.2) is 63.9 Å². The van der Waals surface area contributed by atoms with Gasteiger partial charge in [0.25, 0.3) is 11.1 Å². The van der Waals surface area contributed by atoms with Crippen molar-refractivity contribution < 1.29 is 26.6 Å². The molecule has 0 radical (unpaired) electrons. The van der Waals surface area contributed by atoms with E-state index in [-0.39, 0.29) is 16.9 Å². The Hall–Kier alpha value is -3.24. The fraction of sp³-hybridized carbons (Fsp3) is 0.217. The summed E-state index contributed by atoms with van der Waals surface area (Å²) in [4.78, 5) is 23.8. The highest BCUT2D eigenvalue weighted by molar-refractivity contribution is 8.13. The van der Waals surface area contributed by atoms with Gasteiger partial charge in [-0.3, -0.25) is 9.59 Å². The molecule has 0 bridgehead atoms. The number of rotatable bonds is 5. The van der Waals surface area contributed by atoms with Crippen LogP contribution in [0.1, 0.15) is 27.4 Å². The Bertz CT molecular complexity index is 1200. The lowest BCUT2D eigenvalue weighted by Crippen LogP contribution is -2.13. The van der Waals surface area contributed by atoms with Gasteiger partial charge < -0.3 is 19.2 Å². The van der Waals surface area contributed by atoms with E-state index in [1.54, 1.807) is 19.1 Å². The smallest absolute Gasteiger partial charge is 0.306 e. The number of carbonyl (C=O) groups excluding carboxylic acids is 2. The van der Waals surface area contributed by atoms with E-state index < -0.39 is 10.1 Å². The van der Waals surface area contributed by atoms with Gasteiger partial charge in [0.2, 0.25) is 0 Å². The van der Waals surface area contributed by atoms with E-state index in [0.717, 1.165) is 35.0 Å². The fourth-order valence-corrected chi connectivity index (χ4v) is 3.79. The van der Waals surface area contributed by atoms with E-state index in [0.29, 0.717) is 16.2 Å². The normalized spacial score (nSPS) is 10.6. The third-order valence-electron chi connectivity index (χ3n) is 4.31.